The minimum Gasteiger partial charge on any atom is -0.495 e. The number of hydrogen-bond acceptors (Lipinski definition) is 2. The van der Waals surface area contributed by atoms with Crippen molar-refractivity contribution < 1.29 is 9.53 Å². The molecule has 1 N–H and O–H groups in total. The van der Waals surface area contributed by atoms with E-state index in [1.807, 2.05) is 6.07 Å². The van der Waals surface area contributed by atoms with Crippen molar-refractivity contribution in [1.82, 2.24) is 0 Å². The number of benzene rings is 1. The number of halogens is 1. The maximum Gasteiger partial charge on any atom is 0.224 e. The molecule has 2 aliphatic rings. The van der Waals surface area contributed by atoms with Gasteiger partial charge in [-0.2, -0.15) is 0 Å². The largest absolute Gasteiger partial charge is 0.495 e. The summed E-state index contributed by atoms with van der Waals surface area (Å²) >= 11 is 6.06. The first-order chi connectivity index (χ1) is 9.65. The van der Waals surface area contributed by atoms with Crippen molar-refractivity contribution in [3.8, 4) is 5.75 Å². The van der Waals surface area contributed by atoms with Gasteiger partial charge >= 0.3 is 0 Å². The number of carbonyl (C=O) groups is 1. The van der Waals surface area contributed by atoms with Crippen LogP contribution in [0.2, 0.25) is 5.02 Å². The van der Waals surface area contributed by atoms with Gasteiger partial charge in [-0.3, -0.25) is 4.79 Å². The maximum atomic E-state index is 12.1. The van der Waals surface area contributed by atoms with Gasteiger partial charge in [-0.15, -0.1) is 0 Å². The molecule has 0 aliphatic heterocycles. The highest BCUT2D eigenvalue weighted by atomic mass is 35.5. The minimum atomic E-state index is 0.101. The van der Waals surface area contributed by atoms with Gasteiger partial charge in [-0.05, 0) is 55.2 Å². The number of fused-ring (bicyclic) bond motifs is 2. The zero-order valence-corrected chi connectivity index (χ0v) is 12.5. The molecule has 4 heteroatoms. The fourth-order valence-corrected chi connectivity index (χ4v) is 4.08. The number of amides is 1. The van der Waals surface area contributed by atoms with Crippen molar-refractivity contribution in [2.24, 2.45) is 17.8 Å². The first kappa shape index (κ1) is 13.7. The van der Waals surface area contributed by atoms with Crippen LogP contribution in [0, 0.1) is 17.8 Å². The monoisotopic (exact) mass is 293 g/mol. The SMILES string of the molecule is COc1ccc(NC(=O)CC2CC3CCC2C3)cc1Cl. The molecule has 2 saturated carbocycles. The van der Waals surface area contributed by atoms with E-state index >= 15 is 0 Å². The second kappa shape index (κ2) is 5.65. The van der Waals surface area contributed by atoms with Crippen molar-refractivity contribution in [1.29, 1.82) is 0 Å². The molecule has 2 aliphatic carbocycles. The third-order valence-electron chi connectivity index (χ3n) is 4.77. The summed E-state index contributed by atoms with van der Waals surface area (Å²) in [7, 11) is 1.58. The van der Waals surface area contributed by atoms with E-state index in [9.17, 15) is 4.79 Å². The lowest BCUT2D eigenvalue weighted by molar-refractivity contribution is -0.117. The Morgan fingerprint density at radius 1 is 1.40 bits per heavy atom. The molecule has 0 saturated heterocycles. The Bertz CT molecular complexity index is 517. The van der Waals surface area contributed by atoms with E-state index in [2.05, 4.69) is 5.32 Å². The molecule has 1 aromatic carbocycles. The Hall–Kier alpha value is -1.22. The molecule has 20 heavy (non-hydrogen) atoms. The average Bonchev–Trinajstić information content (AvgIpc) is 3.01. The van der Waals surface area contributed by atoms with Crippen LogP contribution >= 0.6 is 11.6 Å². The van der Waals surface area contributed by atoms with Gasteiger partial charge in [0.15, 0.2) is 0 Å². The summed E-state index contributed by atoms with van der Waals surface area (Å²) in [4.78, 5) is 12.1. The smallest absolute Gasteiger partial charge is 0.224 e. The van der Waals surface area contributed by atoms with E-state index in [1.165, 1.54) is 25.7 Å². The molecule has 1 amide bonds. The van der Waals surface area contributed by atoms with Gasteiger partial charge in [-0.25, -0.2) is 0 Å². The predicted molar refractivity (Wildman–Crippen MR) is 80.2 cm³/mol. The zero-order valence-electron chi connectivity index (χ0n) is 11.7. The molecule has 3 atom stereocenters. The molecule has 3 unspecified atom stereocenters. The highest BCUT2D eigenvalue weighted by Gasteiger charge is 2.40. The Morgan fingerprint density at radius 2 is 2.25 bits per heavy atom. The number of nitrogens with one attached hydrogen (secondary N) is 1. The van der Waals surface area contributed by atoms with Gasteiger partial charge in [0.25, 0.3) is 0 Å². The third kappa shape index (κ3) is 2.78. The number of hydrogen-bond donors (Lipinski definition) is 1. The molecule has 0 aromatic heterocycles. The summed E-state index contributed by atoms with van der Waals surface area (Å²) in [6.07, 6.45) is 5.91. The van der Waals surface area contributed by atoms with Crippen LogP contribution in [-0.2, 0) is 4.79 Å². The van der Waals surface area contributed by atoms with E-state index in [0.717, 1.165) is 17.5 Å². The van der Waals surface area contributed by atoms with Crippen molar-refractivity contribution in [2.45, 2.75) is 32.1 Å². The first-order valence-corrected chi connectivity index (χ1v) is 7.67. The number of carbonyl (C=O) groups excluding carboxylic acids is 1. The van der Waals surface area contributed by atoms with E-state index in [0.29, 0.717) is 23.1 Å². The highest BCUT2D eigenvalue weighted by Crippen LogP contribution is 2.49. The molecule has 0 heterocycles. The van der Waals surface area contributed by atoms with Crippen LogP contribution in [0.1, 0.15) is 32.1 Å². The average molecular weight is 294 g/mol. The standard InChI is InChI=1S/C16H20ClNO2/c1-20-15-5-4-13(9-14(15)17)18-16(19)8-12-7-10-2-3-11(12)6-10/h4-5,9-12H,2-3,6-8H2,1H3,(H,18,19). The topological polar surface area (TPSA) is 38.3 Å². The van der Waals surface area contributed by atoms with E-state index in [-0.39, 0.29) is 5.91 Å². The molecule has 2 bridgehead atoms. The maximum absolute atomic E-state index is 12.1. The molecule has 0 radical (unpaired) electrons. The molecule has 108 valence electrons. The summed E-state index contributed by atoms with van der Waals surface area (Å²) in [5, 5.41) is 3.46. The second-order valence-corrected chi connectivity index (χ2v) is 6.44. The molecule has 2 fully saturated rings. The molecule has 3 rings (SSSR count). The van der Waals surface area contributed by atoms with E-state index in [1.54, 1.807) is 19.2 Å². The fraction of sp³-hybridized carbons (Fsp3) is 0.562. The summed E-state index contributed by atoms with van der Waals surface area (Å²) in [6, 6.07) is 5.33. The molecule has 0 spiro atoms. The van der Waals surface area contributed by atoms with Crippen LogP contribution < -0.4 is 10.1 Å². The van der Waals surface area contributed by atoms with Crippen LogP contribution in [-0.4, -0.2) is 13.0 Å². The Kier molecular flexibility index (Phi) is 3.88. The molecular weight excluding hydrogens is 274 g/mol. The second-order valence-electron chi connectivity index (χ2n) is 6.04. The summed E-state index contributed by atoms with van der Waals surface area (Å²) < 4.78 is 5.10. The number of anilines is 1. The van der Waals surface area contributed by atoms with Crippen LogP contribution in [0.25, 0.3) is 0 Å². The highest BCUT2D eigenvalue weighted by molar-refractivity contribution is 6.32. The van der Waals surface area contributed by atoms with Crippen molar-refractivity contribution in [3.05, 3.63) is 23.2 Å². The van der Waals surface area contributed by atoms with Crippen LogP contribution in [0.3, 0.4) is 0 Å². The minimum absolute atomic E-state index is 0.101. The fourth-order valence-electron chi connectivity index (χ4n) is 3.82. The molecule has 1 aromatic rings. The quantitative estimate of drug-likeness (QED) is 0.907. The lowest BCUT2D eigenvalue weighted by Crippen LogP contribution is -2.20. The van der Waals surface area contributed by atoms with Crippen molar-refractivity contribution in [2.75, 3.05) is 12.4 Å². The first-order valence-electron chi connectivity index (χ1n) is 7.29. The third-order valence-corrected chi connectivity index (χ3v) is 5.06. The van der Waals surface area contributed by atoms with Gasteiger partial charge in [0.1, 0.15) is 5.75 Å². The van der Waals surface area contributed by atoms with E-state index in [4.69, 9.17) is 16.3 Å². The van der Waals surface area contributed by atoms with E-state index < -0.39 is 0 Å². The normalized spacial score (nSPS) is 27.6. The Labute approximate surface area is 124 Å². The van der Waals surface area contributed by atoms with Gasteiger partial charge in [0.05, 0.1) is 12.1 Å². The molecular formula is C16H20ClNO2. The van der Waals surface area contributed by atoms with Crippen LogP contribution in [0.5, 0.6) is 5.75 Å². The lowest BCUT2D eigenvalue weighted by atomic mass is 9.86. The summed E-state index contributed by atoms with van der Waals surface area (Å²) in [5.41, 5.74) is 0.740. The van der Waals surface area contributed by atoms with Crippen LogP contribution in [0.4, 0.5) is 5.69 Å². The molecule has 3 nitrogen and oxygen atoms in total. The van der Waals surface area contributed by atoms with Crippen molar-refractivity contribution in [3.63, 3.8) is 0 Å². The summed E-state index contributed by atoms with van der Waals surface area (Å²) in [6.45, 7) is 0. The lowest BCUT2D eigenvalue weighted by Gasteiger charge is -2.21. The van der Waals surface area contributed by atoms with Gasteiger partial charge < -0.3 is 10.1 Å². The van der Waals surface area contributed by atoms with Gasteiger partial charge in [0.2, 0.25) is 5.91 Å². The number of ether oxygens (including phenoxy) is 1. The Balaban J connectivity index is 1.57. The predicted octanol–water partition coefficient (Wildman–Crippen LogP) is 4.11. The summed E-state index contributed by atoms with van der Waals surface area (Å²) in [5.74, 6) is 2.97. The van der Waals surface area contributed by atoms with Crippen molar-refractivity contribution >= 4 is 23.2 Å². The number of methoxy groups -OCH3 is 1. The van der Waals surface area contributed by atoms with Gasteiger partial charge in [0, 0.05) is 12.1 Å². The number of rotatable bonds is 4. The zero-order chi connectivity index (χ0) is 14.1. The van der Waals surface area contributed by atoms with Gasteiger partial charge in [-0.1, -0.05) is 18.0 Å². The van der Waals surface area contributed by atoms with Crippen LogP contribution in [0.15, 0.2) is 18.2 Å². The Morgan fingerprint density at radius 3 is 2.85 bits per heavy atom.